The van der Waals surface area contributed by atoms with Gasteiger partial charge in [-0.3, -0.25) is 4.79 Å². The lowest BCUT2D eigenvalue weighted by Gasteiger charge is -2.35. The van der Waals surface area contributed by atoms with E-state index in [-0.39, 0.29) is 11.8 Å². The second-order valence-corrected chi connectivity index (χ2v) is 8.26. The van der Waals surface area contributed by atoms with E-state index in [1.165, 1.54) is 11.1 Å². The second kappa shape index (κ2) is 7.93. The van der Waals surface area contributed by atoms with Crippen molar-refractivity contribution in [2.24, 2.45) is 5.92 Å². The van der Waals surface area contributed by atoms with Gasteiger partial charge in [0, 0.05) is 36.6 Å². The molecule has 0 aliphatic carbocycles. The fraction of sp³-hybridized carbons (Fsp3) is 0.409. The monoisotopic (exact) mass is 412 g/mol. The van der Waals surface area contributed by atoms with Gasteiger partial charge in [-0.15, -0.1) is 0 Å². The van der Waals surface area contributed by atoms with Crippen molar-refractivity contribution in [1.82, 2.24) is 10.2 Å². The maximum absolute atomic E-state index is 13.2. The molecule has 0 saturated carbocycles. The number of hydrogen-bond acceptors (Lipinski definition) is 2. The Labute approximate surface area is 163 Å². The summed E-state index contributed by atoms with van der Waals surface area (Å²) in [5.74, 6) is 1.20. The Morgan fingerprint density at radius 2 is 1.65 bits per heavy atom. The molecule has 0 aromatic heterocycles. The first kappa shape index (κ1) is 17.7. The number of halogens is 1. The topological polar surface area (TPSA) is 32.3 Å². The van der Waals surface area contributed by atoms with Crippen LogP contribution in [0.4, 0.5) is 0 Å². The summed E-state index contributed by atoms with van der Waals surface area (Å²) in [5.41, 5.74) is 2.66. The highest BCUT2D eigenvalue weighted by atomic mass is 79.9. The number of nitrogens with zero attached hydrogens (tertiary/aromatic N) is 1. The van der Waals surface area contributed by atoms with Gasteiger partial charge in [-0.2, -0.15) is 0 Å². The number of benzene rings is 2. The molecule has 2 aliphatic rings. The van der Waals surface area contributed by atoms with Crippen LogP contribution in [0, 0.1) is 5.92 Å². The van der Waals surface area contributed by atoms with Gasteiger partial charge in [-0.1, -0.05) is 64.5 Å². The van der Waals surface area contributed by atoms with Gasteiger partial charge in [0.1, 0.15) is 0 Å². The van der Waals surface area contributed by atoms with Crippen LogP contribution in [0.1, 0.15) is 35.8 Å². The third kappa shape index (κ3) is 3.58. The summed E-state index contributed by atoms with van der Waals surface area (Å²) in [6, 6.07) is 19.0. The average molecular weight is 413 g/mol. The molecule has 1 N–H and O–H groups in total. The van der Waals surface area contributed by atoms with Crippen LogP contribution in [0.2, 0.25) is 0 Å². The number of nitrogens with one attached hydrogen (secondary N) is 1. The maximum Gasteiger partial charge on any atom is 0.227 e. The average Bonchev–Trinajstić information content (AvgIpc) is 3.18. The first-order chi connectivity index (χ1) is 12.7. The summed E-state index contributed by atoms with van der Waals surface area (Å²) >= 11 is 3.66. The lowest BCUT2D eigenvalue weighted by molar-refractivity contribution is -0.136. The van der Waals surface area contributed by atoms with Gasteiger partial charge in [0.2, 0.25) is 5.91 Å². The zero-order valence-corrected chi connectivity index (χ0v) is 16.5. The van der Waals surface area contributed by atoms with Gasteiger partial charge >= 0.3 is 0 Å². The molecule has 0 bridgehead atoms. The van der Waals surface area contributed by atoms with E-state index in [0.717, 1.165) is 43.5 Å². The van der Waals surface area contributed by atoms with Crippen molar-refractivity contribution in [1.29, 1.82) is 0 Å². The number of likely N-dealkylation sites (tertiary alicyclic amines) is 1. The molecule has 2 aromatic carbocycles. The van der Waals surface area contributed by atoms with E-state index in [1.54, 1.807) is 0 Å². The Morgan fingerprint density at radius 1 is 0.962 bits per heavy atom. The molecule has 2 aromatic rings. The minimum absolute atomic E-state index is 0.0435. The predicted molar refractivity (Wildman–Crippen MR) is 108 cm³/mol. The van der Waals surface area contributed by atoms with E-state index in [4.69, 9.17) is 0 Å². The number of rotatable bonds is 3. The van der Waals surface area contributed by atoms with Crippen molar-refractivity contribution >= 4 is 21.8 Å². The third-order valence-corrected chi connectivity index (χ3v) is 6.64. The third-order valence-electron chi connectivity index (χ3n) is 5.91. The molecule has 2 heterocycles. The molecular weight excluding hydrogens is 388 g/mol. The standard InChI is InChI=1S/C22H25BrN2O/c23-21-9-5-4-8-18(21)19-14-24-15-20(19)22(26)25-12-10-17(11-13-25)16-6-2-1-3-7-16/h1-9,17,19-20,24H,10-15H2/t19-,20+/m0/s1. The summed E-state index contributed by atoms with van der Waals surface area (Å²) in [4.78, 5) is 15.3. The fourth-order valence-corrected chi connectivity index (χ4v) is 5.01. The highest BCUT2D eigenvalue weighted by Crippen LogP contribution is 2.35. The molecule has 4 rings (SSSR count). The summed E-state index contributed by atoms with van der Waals surface area (Å²) in [6.07, 6.45) is 2.13. The molecule has 0 spiro atoms. The molecule has 0 radical (unpaired) electrons. The fourth-order valence-electron chi connectivity index (χ4n) is 4.43. The minimum Gasteiger partial charge on any atom is -0.342 e. The van der Waals surface area contributed by atoms with E-state index >= 15 is 0 Å². The van der Waals surface area contributed by atoms with Gasteiger partial charge < -0.3 is 10.2 Å². The van der Waals surface area contributed by atoms with Crippen LogP contribution in [0.3, 0.4) is 0 Å². The highest BCUT2D eigenvalue weighted by molar-refractivity contribution is 9.10. The summed E-state index contributed by atoms with van der Waals surface area (Å²) < 4.78 is 1.11. The first-order valence-corrected chi connectivity index (χ1v) is 10.3. The molecule has 136 valence electrons. The van der Waals surface area contributed by atoms with Gasteiger partial charge in [0.15, 0.2) is 0 Å². The molecule has 26 heavy (non-hydrogen) atoms. The van der Waals surface area contributed by atoms with Crippen LogP contribution in [-0.2, 0) is 4.79 Å². The zero-order valence-electron chi connectivity index (χ0n) is 14.9. The van der Waals surface area contributed by atoms with Gasteiger partial charge in [0.05, 0.1) is 5.92 Å². The van der Waals surface area contributed by atoms with Crippen molar-refractivity contribution in [3.8, 4) is 0 Å². The zero-order chi connectivity index (χ0) is 17.9. The van der Waals surface area contributed by atoms with E-state index in [2.05, 4.69) is 74.7 Å². The molecule has 2 aliphatic heterocycles. The van der Waals surface area contributed by atoms with E-state index in [9.17, 15) is 4.79 Å². The summed E-state index contributed by atoms with van der Waals surface area (Å²) in [7, 11) is 0. The molecule has 4 heteroatoms. The van der Waals surface area contributed by atoms with Crippen LogP contribution in [0.25, 0.3) is 0 Å². The molecule has 0 unspecified atom stereocenters. The number of amides is 1. The van der Waals surface area contributed by atoms with Crippen LogP contribution in [-0.4, -0.2) is 37.0 Å². The summed E-state index contributed by atoms with van der Waals surface area (Å²) in [5, 5.41) is 3.43. The summed E-state index contributed by atoms with van der Waals surface area (Å²) in [6.45, 7) is 3.40. The van der Waals surface area contributed by atoms with Gasteiger partial charge in [0.25, 0.3) is 0 Å². The first-order valence-electron chi connectivity index (χ1n) is 9.53. The molecule has 2 saturated heterocycles. The van der Waals surface area contributed by atoms with E-state index in [1.807, 2.05) is 6.07 Å². The Balaban J connectivity index is 1.42. The van der Waals surface area contributed by atoms with Crippen molar-refractivity contribution in [3.63, 3.8) is 0 Å². The number of piperidine rings is 1. The van der Waals surface area contributed by atoms with Crippen LogP contribution < -0.4 is 5.32 Å². The highest BCUT2D eigenvalue weighted by Gasteiger charge is 2.38. The molecule has 3 nitrogen and oxygen atoms in total. The molecule has 2 fully saturated rings. The predicted octanol–water partition coefficient (Wildman–Crippen LogP) is 4.16. The SMILES string of the molecule is O=C([C@@H]1CNC[C@H]1c1ccccc1Br)N1CCC(c2ccccc2)CC1. The van der Waals surface area contributed by atoms with Crippen LogP contribution >= 0.6 is 15.9 Å². The van der Waals surface area contributed by atoms with Gasteiger partial charge in [-0.05, 0) is 36.0 Å². The Morgan fingerprint density at radius 3 is 2.38 bits per heavy atom. The number of carbonyl (C=O) groups is 1. The maximum atomic E-state index is 13.2. The van der Waals surface area contributed by atoms with Crippen molar-refractivity contribution < 1.29 is 4.79 Å². The molecular formula is C22H25BrN2O. The quantitative estimate of drug-likeness (QED) is 0.820. The van der Waals surface area contributed by atoms with Crippen LogP contribution in [0.15, 0.2) is 59.1 Å². The van der Waals surface area contributed by atoms with Crippen molar-refractivity contribution in [3.05, 3.63) is 70.2 Å². The largest absolute Gasteiger partial charge is 0.342 e. The normalized spacial score (nSPS) is 24.0. The van der Waals surface area contributed by atoms with Crippen molar-refractivity contribution in [2.75, 3.05) is 26.2 Å². The molecule has 2 atom stereocenters. The Kier molecular flexibility index (Phi) is 5.41. The van der Waals surface area contributed by atoms with E-state index in [0.29, 0.717) is 11.8 Å². The van der Waals surface area contributed by atoms with Crippen molar-refractivity contribution in [2.45, 2.75) is 24.7 Å². The second-order valence-electron chi connectivity index (χ2n) is 7.40. The lowest BCUT2D eigenvalue weighted by atomic mass is 9.86. The van der Waals surface area contributed by atoms with E-state index < -0.39 is 0 Å². The molecule has 1 amide bonds. The van der Waals surface area contributed by atoms with Gasteiger partial charge in [-0.25, -0.2) is 0 Å². The number of carbonyl (C=O) groups excluding carboxylic acids is 1. The smallest absolute Gasteiger partial charge is 0.227 e. The Bertz CT molecular complexity index is 756. The lowest BCUT2D eigenvalue weighted by Crippen LogP contribution is -2.43. The van der Waals surface area contributed by atoms with Crippen LogP contribution in [0.5, 0.6) is 0 Å². The Hall–Kier alpha value is -1.65. The minimum atomic E-state index is 0.0435. The number of hydrogen-bond donors (Lipinski definition) is 1.